The van der Waals surface area contributed by atoms with Gasteiger partial charge in [-0.1, -0.05) is 0 Å². The molecule has 10 heavy (non-hydrogen) atoms. The van der Waals surface area contributed by atoms with Crippen molar-refractivity contribution < 1.29 is 4.39 Å². The lowest BCUT2D eigenvalue weighted by Crippen LogP contribution is -2.32. The third-order valence-electron chi connectivity index (χ3n) is 1.57. The fraction of sp³-hybridized carbons (Fsp3) is 1.00. The number of likely N-dealkylation sites (tertiary alicyclic amines) is 1. The SMILES string of the molecule is CN.CN1CCCC(F)C1. The summed E-state index contributed by atoms with van der Waals surface area (Å²) in [7, 11) is 3.46. The largest absolute Gasteiger partial charge is 0.333 e. The zero-order valence-corrected chi connectivity index (χ0v) is 6.81. The van der Waals surface area contributed by atoms with Gasteiger partial charge >= 0.3 is 0 Å². The third-order valence-corrected chi connectivity index (χ3v) is 1.57. The van der Waals surface area contributed by atoms with Crippen molar-refractivity contribution in [2.45, 2.75) is 19.0 Å². The van der Waals surface area contributed by atoms with Crippen LogP contribution >= 0.6 is 0 Å². The van der Waals surface area contributed by atoms with Crippen LogP contribution in [-0.4, -0.2) is 38.3 Å². The summed E-state index contributed by atoms with van der Waals surface area (Å²) in [5.41, 5.74) is 4.50. The van der Waals surface area contributed by atoms with Gasteiger partial charge < -0.3 is 10.6 Å². The predicted octanol–water partition coefficient (Wildman–Crippen LogP) is 0.625. The van der Waals surface area contributed by atoms with Gasteiger partial charge in [0.15, 0.2) is 0 Å². The van der Waals surface area contributed by atoms with Crippen LogP contribution in [-0.2, 0) is 0 Å². The van der Waals surface area contributed by atoms with Gasteiger partial charge in [-0.25, -0.2) is 4.39 Å². The summed E-state index contributed by atoms with van der Waals surface area (Å²) in [6.07, 6.45) is 1.23. The average molecular weight is 148 g/mol. The van der Waals surface area contributed by atoms with Crippen molar-refractivity contribution in [3.63, 3.8) is 0 Å². The van der Waals surface area contributed by atoms with Gasteiger partial charge in [0.25, 0.3) is 0 Å². The fourth-order valence-electron chi connectivity index (χ4n) is 1.10. The molecule has 0 aromatic heterocycles. The number of hydrogen-bond donors (Lipinski definition) is 1. The van der Waals surface area contributed by atoms with E-state index in [1.165, 1.54) is 7.05 Å². The molecule has 1 fully saturated rings. The van der Waals surface area contributed by atoms with Crippen molar-refractivity contribution in [3.8, 4) is 0 Å². The smallest absolute Gasteiger partial charge is 0.113 e. The second-order valence-electron chi connectivity index (χ2n) is 2.50. The van der Waals surface area contributed by atoms with Gasteiger partial charge in [-0.05, 0) is 33.5 Å². The second kappa shape index (κ2) is 5.62. The Balaban J connectivity index is 0.000000371. The minimum Gasteiger partial charge on any atom is -0.333 e. The Morgan fingerprint density at radius 1 is 1.50 bits per heavy atom. The van der Waals surface area contributed by atoms with Gasteiger partial charge in [0.1, 0.15) is 6.17 Å². The zero-order valence-electron chi connectivity index (χ0n) is 6.81. The Morgan fingerprint density at radius 3 is 2.40 bits per heavy atom. The summed E-state index contributed by atoms with van der Waals surface area (Å²) < 4.78 is 12.4. The maximum atomic E-state index is 12.4. The molecule has 3 heteroatoms. The number of rotatable bonds is 0. The summed E-state index contributed by atoms with van der Waals surface area (Å²) in [6, 6.07) is 0. The van der Waals surface area contributed by atoms with Crippen LogP contribution < -0.4 is 5.73 Å². The van der Waals surface area contributed by atoms with Gasteiger partial charge in [-0.2, -0.15) is 0 Å². The van der Waals surface area contributed by atoms with Crippen LogP contribution in [0.25, 0.3) is 0 Å². The predicted molar refractivity (Wildman–Crippen MR) is 41.7 cm³/mol. The van der Waals surface area contributed by atoms with Crippen LogP contribution in [0, 0.1) is 0 Å². The molecule has 1 heterocycles. The summed E-state index contributed by atoms with van der Waals surface area (Å²) in [5.74, 6) is 0. The van der Waals surface area contributed by atoms with E-state index in [2.05, 4.69) is 5.73 Å². The molecule has 1 saturated heterocycles. The Hall–Kier alpha value is -0.150. The van der Waals surface area contributed by atoms with E-state index in [4.69, 9.17) is 0 Å². The molecule has 1 aliphatic heterocycles. The van der Waals surface area contributed by atoms with Gasteiger partial charge in [0.05, 0.1) is 0 Å². The van der Waals surface area contributed by atoms with E-state index >= 15 is 0 Å². The molecule has 2 N–H and O–H groups in total. The minimum absolute atomic E-state index is 0.561. The molecule has 1 atom stereocenters. The molecule has 0 aromatic carbocycles. The first-order valence-electron chi connectivity index (χ1n) is 3.69. The van der Waals surface area contributed by atoms with E-state index in [1.807, 2.05) is 11.9 Å². The van der Waals surface area contributed by atoms with Crippen molar-refractivity contribution in [3.05, 3.63) is 0 Å². The van der Waals surface area contributed by atoms with E-state index in [9.17, 15) is 4.39 Å². The monoisotopic (exact) mass is 148 g/mol. The van der Waals surface area contributed by atoms with E-state index in [1.54, 1.807) is 0 Å². The number of piperidine rings is 1. The maximum absolute atomic E-state index is 12.4. The first kappa shape index (κ1) is 9.85. The van der Waals surface area contributed by atoms with Crippen molar-refractivity contribution in [2.24, 2.45) is 5.73 Å². The Bertz CT molecular complexity index is 70.0. The second-order valence-corrected chi connectivity index (χ2v) is 2.50. The van der Waals surface area contributed by atoms with E-state index < -0.39 is 6.17 Å². The molecule has 0 aromatic rings. The summed E-state index contributed by atoms with van der Waals surface area (Å²) in [5, 5.41) is 0. The molecule has 0 spiro atoms. The van der Waals surface area contributed by atoms with Crippen LogP contribution in [0.3, 0.4) is 0 Å². The van der Waals surface area contributed by atoms with Crippen molar-refractivity contribution >= 4 is 0 Å². The normalized spacial score (nSPS) is 27.0. The van der Waals surface area contributed by atoms with E-state index in [-0.39, 0.29) is 0 Å². The highest BCUT2D eigenvalue weighted by Crippen LogP contribution is 2.09. The Kier molecular flexibility index (Phi) is 5.54. The van der Waals surface area contributed by atoms with Crippen LogP contribution in [0.2, 0.25) is 0 Å². The average Bonchev–Trinajstić information content (AvgIpc) is 1.91. The van der Waals surface area contributed by atoms with Gasteiger partial charge in [-0.3, -0.25) is 0 Å². The topological polar surface area (TPSA) is 29.3 Å². The lowest BCUT2D eigenvalue weighted by Gasteiger charge is -2.24. The highest BCUT2D eigenvalue weighted by atomic mass is 19.1. The van der Waals surface area contributed by atoms with Gasteiger partial charge in [-0.15, -0.1) is 0 Å². The molecular weight excluding hydrogens is 131 g/mol. The molecule has 1 unspecified atom stereocenters. The molecule has 0 radical (unpaired) electrons. The summed E-state index contributed by atoms with van der Waals surface area (Å²) >= 11 is 0. The minimum atomic E-state index is -0.561. The lowest BCUT2D eigenvalue weighted by molar-refractivity contribution is 0.163. The fourth-order valence-corrected chi connectivity index (χ4v) is 1.10. The molecular formula is C7H17FN2. The highest BCUT2D eigenvalue weighted by Gasteiger charge is 2.14. The first-order valence-corrected chi connectivity index (χ1v) is 3.69. The molecule has 1 rings (SSSR count). The standard InChI is InChI=1S/C6H12FN.CH5N/c1-8-4-2-3-6(7)5-8;1-2/h6H,2-5H2,1H3;2H2,1H3. The van der Waals surface area contributed by atoms with Crippen molar-refractivity contribution in [1.29, 1.82) is 0 Å². The Labute approximate surface area is 62.2 Å². The molecule has 1 aliphatic rings. The number of hydrogen-bond acceptors (Lipinski definition) is 2. The van der Waals surface area contributed by atoms with E-state index in [0.29, 0.717) is 6.54 Å². The van der Waals surface area contributed by atoms with E-state index in [0.717, 1.165) is 19.4 Å². The molecule has 0 aliphatic carbocycles. The molecule has 0 bridgehead atoms. The van der Waals surface area contributed by atoms with Gasteiger partial charge in [0, 0.05) is 6.54 Å². The number of nitrogens with two attached hydrogens (primary N) is 1. The van der Waals surface area contributed by atoms with Crippen LogP contribution in [0.1, 0.15) is 12.8 Å². The molecule has 0 saturated carbocycles. The third kappa shape index (κ3) is 3.80. The van der Waals surface area contributed by atoms with Crippen LogP contribution in [0.5, 0.6) is 0 Å². The molecule has 0 amide bonds. The highest BCUT2D eigenvalue weighted by molar-refractivity contribution is 4.68. The first-order chi connectivity index (χ1) is 4.79. The van der Waals surface area contributed by atoms with Gasteiger partial charge in [0.2, 0.25) is 0 Å². The number of halogens is 1. The Morgan fingerprint density at radius 2 is 2.10 bits per heavy atom. The quantitative estimate of drug-likeness (QED) is 0.546. The number of alkyl halides is 1. The number of nitrogens with zero attached hydrogens (tertiary/aromatic N) is 1. The molecule has 62 valence electrons. The summed E-state index contributed by atoms with van der Waals surface area (Å²) in [4.78, 5) is 2.04. The molecule has 2 nitrogen and oxygen atoms in total. The maximum Gasteiger partial charge on any atom is 0.113 e. The van der Waals surface area contributed by atoms with Crippen molar-refractivity contribution in [2.75, 3.05) is 27.2 Å². The van der Waals surface area contributed by atoms with Crippen molar-refractivity contribution in [1.82, 2.24) is 4.90 Å². The zero-order chi connectivity index (χ0) is 7.98. The summed E-state index contributed by atoms with van der Waals surface area (Å²) in [6.45, 7) is 1.71. The van der Waals surface area contributed by atoms with Crippen LogP contribution in [0.4, 0.5) is 4.39 Å². The lowest BCUT2D eigenvalue weighted by atomic mass is 10.1. The van der Waals surface area contributed by atoms with Crippen LogP contribution in [0.15, 0.2) is 0 Å².